The molecule has 2 aromatic heterocycles. The van der Waals surface area contributed by atoms with Crippen LogP contribution < -0.4 is 5.56 Å². The van der Waals surface area contributed by atoms with E-state index in [-0.39, 0.29) is 11.7 Å². The zero-order valence-electron chi connectivity index (χ0n) is 13.8. The normalized spacial score (nSPS) is 18.0. The molecule has 0 saturated carbocycles. The minimum absolute atomic E-state index is 0.0137. The Labute approximate surface area is 145 Å². The van der Waals surface area contributed by atoms with Gasteiger partial charge in [-0.05, 0) is 12.8 Å². The van der Waals surface area contributed by atoms with Crippen molar-refractivity contribution in [1.82, 2.24) is 19.2 Å². The van der Waals surface area contributed by atoms with E-state index < -0.39 is 0 Å². The summed E-state index contributed by atoms with van der Waals surface area (Å²) in [6.07, 6.45) is 4.96. The number of hydrogen-bond acceptors (Lipinski definition) is 6. The molecule has 1 atom stereocenters. The van der Waals surface area contributed by atoms with Gasteiger partial charge in [0.1, 0.15) is 0 Å². The second-order valence-electron chi connectivity index (χ2n) is 6.24. The number of nitrogens with zero attached hydrogens (tertiary/aromatic N) is 4. The highest BCUT2D eigenvalue weighted by Crippen LogP contribution is 2.11. The largest absolute Gasteiger partial charge is 0.392 e. The van der Waals surface area contributed by atoms with Crippen LogP contribution in [0.4, 0.5) is 0 Å². The Balaban J connectivity index is 1.51. The van der Waals surface area contributed by atoms with E-state index in [1.165, 1.54) is 11.3 Å². The molecular formula is C17H24N4O2S. The van der Waals surface area contributed by atoms with Crippen LogP contribution in [0.15, 0.2) is 35.1 Å². The van der Waals surface area contributed by atoms with Crippen molar-refractivity contribution in [3.05, 3.63) is 46.3 Å². The summed E-state index contributed by atoms with van der Waals surface area (Å²) in [5, 5.41) is 11.9. The monoisotopic (exact) mass is 348 g/mol. The molecule has 3 heterocycles. The van der Waals surface area contributed by atoms with Crippen LogP contribution >= 0.6 is 11.3 Å². The van der Waals surface area contributed by atoms with Crippen molar-refractivity contribution < 1.29 is 5.11 Å². The first-order valence-electron chi connectivity index (χ1n) is 8.35. The summed E-state index contributed by atoms with van der Waals surface area (Å²) in [5.41, 5.74) is 0.821. The van der Waals surface area contributed by atoms with Crippen molar-refractivity contribution in [2.75, 3.05) is 32.7 Å². The topological polar surface area (TPSA) is 61.1 Å². The van der Waals surface area contributed by atoms with Gasteiger partial charge >= 0.3 is 0 Å². The Morgan fingerprint density at radius 1 is 1.33 bits per heavy atom. The highest BCUT2D eigenvalue weighted by Gasteiger charge is 2.19. The lowest BCUT2D eigenvalue weighted by atomic mass is 10.1. The number of β-amino-alcohol motifs (C(OH)–C–C–N with tert-alkyl or cyclic N) is 1. The van der Waals surface area contributed by atoms with Crippen molar-refractivity contribution in [1.29, 1.82) is 0 Å². The molecule has 1 saturated heterocycles. The molecule has 0 amide bonds. The summed E-state index contributed by atoms with van der Waals surface area (Å²) in [6.45, 7) is 8.85. The van der Waals surface area contributed by atoms with Gasteiger partial charge in [-0.1, -0.05) is 6.08 Å². The van der Waals surface area contributed by atoms with Gasteiger partial charge in [0.2, 0.25) is 0 Å². The third-order valence-electron chi connectivity index (χ3n) is 4.38. The SMILES string of the molecule is C=CCCC(O)CN1CCN(Cc2cc(=O)n3ccsc3n2)CC1. The van der Waals surface area contributed by atoms with Crippen LogP contribution in [0.1, 0.15) is 18.5 Å². The number of fused-ring (bicyclic) bond motifs is 1. The molecule has 0 aromatic carbocycles. The third-order valence-corrected chi connectivity index (χ3v) is 5.14. The molecule has 0 aliphatic carbocycles. The van der Waals surface area contributed by atoms with Crippen LogP contribution in [-0.2, 0) is 6.54 Å². The van der Waals surface area contributed by atoms with Crippen molar-refractivity contribution in [2.24, 2.45) is 0 Å². The molecule has 7 heteroatoms. The highest BCUT2D eigenvalue weighted by atomic mass is 32.1. The fourth-order valence-corrected chi connectivity index (χ4v) is 3.77. The quantitative estimate of drug-likeness (QED) is 0.762. The van der Waals surface area contributed by atoms with E-state index in [0.717, 1.165) is 56.2 Å². The molecule has 1 unspecified atom stereocenters. The number of aliphatic hydroxyl groups excluding tert-OH is 1. The fraction of sp³-hybridized carbons (Fsp3) is 0.529. The predicted octanol–water partition coefficient (Wildman–Crippen LogP) is 1.20. The minimum Gasteiger partial charge on any atom is -0.392 e. The first kappa shape index (κ1) is 17.3. The second kappa shape index (κ2) is 8.02. The van der Waals surface area contributed by atoms with Crippen LogP contribution in [-0.4, -0.2) is 63.1 Å². The zero-order chi connectivity index (χ0) is 16.9. The molecule has 2 aromatic rings. The van der Waals surface area contributed by atoms with Gasteiger partial charge in [-0.15, -0.1) is 17.9 Å². The summed E-state index contributed by atoms with van der Waals surface area (Å²) < 4.78 is 1.58. The number of allylic oxidation sites excluding steroid dienone is 1. The molecule has 1 aliphatic heterocycles. The summed E-state index contributed by atoms with van der Waals surface area (Å²) in [6, 6.07) is 1.63. The number of thiazole rings is 1. The van der Waals surface area contributed by atoms with Crippen LogP contribution in [0.2, 0.25) is 0 Å². The number of aromatic nitrogens is 2. The first-order valence-corrected chi connectivity index (χ1v) is 9.23. The lowest BCUT2D eigenvalue weighted by molar-refractivity contribution is 0.0665. The van der Waals surface area contributed by atoms with Crippen molar-refractivity contribution in [3.8, 4) is 0 Å². The van der Waals surface area contributed by atoms with Gasteiger partial charge in [-0.3, -0.25) is 19.0 Å². The second-order valence-corrected chi connectivity index (χ2v) is 7.11. The number of rotatable bonds is 7. The maximum atomic E-state index is 12.0. The Bertz CT molecular complexity index is 734. The Hall–Kier alpha value is -1.54. The van der Waals surface area contributed by atoms with Gasteiger partial charge < -0.3 is 5.11 Å². The predicted molar refractivity (Wildman–Crippen MR) is 96.5 cm³/mol. The van der Waals surface area contributed by atoms with Crippen molar-refractivity contribution in [3.63, 3.8) is 0 Å². The summed E-state index contributed by atoms with van der Waals surface area (Å²) in [7, 11) is 0. The highest BCUT2D eigenvalue weighted by molar-refractivity contribution is 7.15. The van der Waals surface area contributed by atoms with E-state index in [1.807, 2.05) is 11.5 Å². The summed E-state index contributed by atoms with van der Waals surface area (Å²) in [4.78, 5) is 22.0. The maximum Gasteiger partial charge on any atom is 0.258 e. The molecule has 1 N–H and O–H groups in total. The molecular weight excluding hydrogens is 324 g/mol. The van der Waals surface area contributed by atoms with Gasteiger partial charge in [0.25, 0.3) is 5.56 Å². The van der Waals surface area contributed by atoms with Gasteiger partial charge in [0, 0.05) is 56.9 Å². The van der Waals surface area contributed by atoms with E-state index in [9.17, 15) is 9.90 Å². The maximum absolute atomic E-state index is 12.0. The zero-order valence-corrected chi connectivity index (χ0v) is 14.6. The van der Waals surface area contributed by atoms with Crippen LogP contribution in [0.25, 0.3) is 4.96 Å². The van der Waals surface area contributed by atoms with Crippen LogP contribution in [0.3, 0.4) is 0 Å². The summed E-state index contributed by atoms with van der Waals surface area (Å²) >= 11 is 1.48. The van der Waals surface area contributed by atoms with Gasteiger partial charge in [-0.2, -0.15) is 0 Å². The molecule has 0 radical (unpaired) electrons. The molecule has 1 fully saturated rings. The van der Waals surface area contributed by atoms with Crippen molar-refractivity contribution in [2.45, 2.75) is 25.5 Å². The fourth-order valence-electron chi connectivity index (χ4n) is 3.03. The lowest BCUT2D eigenvalue weighted by Crippen LogP contribution is -2.48. The van der Waals surface area contributed by atoms with Gasteiger partial charge in [0.05, 0.1) is 11.8 Å². The minimum atomic E-state index is -0.280. The number of aliphatic hydroxyl groups is 1. The van der Waals surface area contributed by atoms with E-state index in [1.54, 1.807) is 16.7 Å². The molecule has 1 aliphatic rings. The van der Waals surface area contributed by atoms with E-state index in [0.29, 0.717) is 6.54 Å². The smallest absolute Gasteiger partial charge is 0.258 e. The van der Waals surface area contributed by atoms with E-state index >= 15 is 0 Å². The van der Waals surface area contributed by atoms with Gasteiger partial charge in [-0.25, -0.2) is 4.98 Å². The molecule has 130 valence electrons. The molecule has 24 heavy (non-hydrogen) atoms. The lowest BCUT2D eigenvalue weighted by Gasteiger charge is -2.35. The summed E-state index contributed by atoms with van der Waals surface area (Å²) in [5.74, 6) is 0. The average Bonchev–Trinajstić information content (AvgIpc) is 3.04. The molecule has 0 bridgehead atoms. The third kappa shape index (κ3) is 4.30. The van der Waals surface area contributed by atoms with E-state index in [2.05, 4.69) is 21.4 Å². The van der Waals surface area contributed by atoms with Crippen LogP contribution in [0, 0.1) is 0 Å². The molecule has 6 nitrogen and oxygen atoms in total. The molecule has 0 spiro atoms. The average molecular weight is 348 g/mol. The Kier molecular flexibility index (Phi) is 5.78. The Morgan fingerprint density at radius 3 is 2.83 bits per heavy atom. The number of hydrogen-bond donors (Lipinski definition) is 1. The van der Waals surface area contributed by atoms with E-state index in [4.69, 9.17) is 0 Å². The standard InChI is InChI=1S/C17H24N4O2S/c1-2-3-4-15(22)13-20-7-5-19(6-8-20)12-14-11-16(23)21-9-10-24-17(21)18-14/h2,9-11,15,22H,1,3-8,12-13H2. The van der Waals surface area contributed by atoms with Crippen LogP contribution in [0.5, 0.6) is 0 Å². The van der Waals surface area contributed by atoms with Crippen molar-refractivity contribution >= 4 is 16.3 Å². The first-order chi connectivity index (χ1) is 11.7. The Morgan fingerprint density at radius 2 is 2.08 bits per heavy atom. The molecule has 3 rings (SSSR count). The van der Waals surface area contributed by atoms with Gasteiger partial charge in [0.15, 0.2) is 4.96 Å². The number of piperazine rings is 1.